The summed E-state index contributed by atoms with van der Waals surface area (Å²) in [5, 5.41) is 3.42. The van der Waals surface area contributed by atoms with Gasteiger partial charge < -0.3 is 10.1 Å². The van der Waals surface area contributed by atoms with E-state index < -0.39 is 0 Å². The van der Waals surface area contributed by atoms with E-state index in [1.807, 2.05) is 13.1 Å². The van der Waals surface area contributed by atoms with Crippen molar-refractivity contribution in [3.8, 4) is 0 Å². The Morgan fingerprint density at radius 1 is 1.58 bits per heavy atom. The molecule has 0 saturated carbocycles. The number of thiophene rings is 1. The molecule has 0 aromatic carbocycles. The predicted molar refractivity (Wildman–Crippen MR) is 80.2 cm³/mol. The summed E-state index contributed by atoms with van der Waals surface area (Å²) in [7, 11) is 2.03. The number of hydrogen-bond acceptors (Lipinski definition) is 4. The van der Waals surface area contributed by atoms with Gasteiger partial charge in [-0.3, -0.25) is 4.90 Å². The van der Waals surface area contributed by atoms with E-state index in [-0.39, 0.29) is 0 Å². The van der Waals surface area contributed by atoms with E-state index in [1.54, 1.807) is 11.3 Å². The van der Waals surface area contributed by atoms with E-state index in [2.05, 4.69) is 16.3 Å². The largest absolute Gasteiger partial charge is 0.374 e. The number of nitrogens with zero attached hydrogens (tertiary/aromatic N) is 1. The van der Waals surface area contributed by atoms with Crippen LogP contribution in [0.4, 0.5) is 0 Å². The molecule has 2 aliphatic rings. The molecule has 1 aromatic heterocycles. The molecule has 3 atom stereocenters. The monoisotopic (exact) mass is 300 g/mol. The van der Waals surface area contributed by atoms with Gasteiger partial charge in [-0.1, -0.05) is 11.6 Å². The summed E-state index contributed by atoms with van der Waals surface area (Å²) < 4.78 is 6.96. The maximum absolute atomic E-state index is 6.09. The fourth-order valence-electron chi connectivity index (χ4n) is 3.18. The average molecular weight is 301 g/mol. The lowest BCUT2D eigenvalue weighted by Crippen LogP contribution is -2.54. The van der Waals surface area contributed by atoms with Gasteiger partial charge in [0, 0.05) is 23.5 Å². The highest BCUT2D eigenvalue weighted by Gasteiger charge is 2.35. The van der Waals surface area contributed by atoms with Gasteiger partial charge in [0.05, 0.1) is 17.0 Å². The molecule has 3 rings (SSSR count). The molecular weight excluding hydrogens is 280 g/mol. The number of halogens is 1. The van der Waals surface area contributed by atoms with Crippen LogP contribution in [0.2, 0.25) is 4.34 Å². The number of nitrogens with one attached hydrogen (secondary N) is 1. The van der Waals surface area contributed by atoms with Gasteiger partial charge in [0.1, 0.15) is 0 Å². The van der Waals surface area contributed by atoms with Crippen molar-refractivity contribution in [2.75, 3.05) is 26.7 Å². The summed E-state index contributed by atoms with van der Waals surface area (Å²) in [6.07, 6.45) is 3.92. The van der Waals surface area contributed by atoms with Crippen molar-refractivity contribution in [3.05, 3.63) is 21.3 Å². The standard InChI is InChI=1S/C14H21ClN2OS/c1-16-12(7-11-4-5-14(15)19-11)13-8-17-6-2-3-10(17)9-18-13/h4-5,10,12-13,16H,2-3,6-9H2,1H3. The molecule has 0 amide bonds. The molecule has 3 heterocycles. The SMILES string of the molecule is CNC(Cc1ccc(Cl)s1)C1CN2CCCC2CO1. The summed E-state index contributed by atoms with van der Waals surface area (Å²) in [6, 6.07) is 5.15. The normalized spacial score (nSPS) is 29.4. The van der Waals surface area contributed by atoms with E-state index in [0.29, 0.717) is 18.2 Å². The molecule has 0 spiro atoms. The van der Waals surface area contributed by atoms with Crippen molar-refractivity contribution in [1.82, 2.24) is 10.2 Å². The summed E-state index contributed by atoms with van der Waals surface area (Å²) in [5.74, 6) is 0. The molecule has 2 saturated heterocycles. The van der Waals surface area contributed by atoms with E-state index in [1.165, 1.54) is 24.3 Å². The third-order valence-corrected chi connectivity index (χ3v) is 5.54. The van der Waals surface area contributed by atoms with Crippen molar-refractivity contribution in [2.24, 2.45) is 0 Å². The first-order valence-corrected chi connectivity index (χ1v) is 8.23. The zero-order valence-corrected chi connectivity index (χ0v) is 12.8. The molecule has 2 fully saturated rings. The molecular formula is C14H21ClN2OS. The summed E-state index contributed by atoms with van der Waals surface area (Å²) >= 11 is 7.68. The third kappa shape index (κ3) is 3.14. The maximum atomic E-state index is 6.09. The highest BCUT2D eigenvalue weighted by atomic mass is 35.5. The minimum atomic E-state index is 0.292. The van der Waals surface area contributed by atoms with Crippen LogP contribution in [0.5, 0.6) is 0 Å². The van der Waals surface area contributed by atoms with Crippen LogP contribution < -0.4 is 5.32 Å². The number of likely N-dealkylation sites (N-methyl/N-ethyl adjacent to an activating group) is 1. The Labute approximate surface area is 123 Å². The lowest BCUT2D eigenvalue weighted by Gasteiger charge is -2.38. The average Bonchev–Trinajstić information content (AvgIpc) is 3.03. The molecule has 1 N–H and O–H groups in total. The second kappa shape index (κ2) is 6.10. The Bertz CT molecular complexity index is 425. The molecule has 0 radical (unpaired) electrons. The number of fused-ring (bicyclic) bond motifs is 1. The van der Waals surface area contributed by atoms with Crippen LogP contribution in [-0.2, 0) is 11.2 Å². The summed E-state index contributed by atoms with van der Waals surface area (Å²) in [6.45, 7) is 3.20. The van der Waals surface area contributed by atoms with Crippen molar-refractivity contribution in [3.63, 3.8) is 0 Å². The van der Waals surface area contributed by atoms with Crippen molar-refractivity contribution in [2.45, 2.75) is 37.5 Å². The topological polar surface area (TPSA) is 24.5 Å². The summed E-state index contributed by atoms with van der Waals surface area (Å²) in [4.78, 5) is 3.93. The van der Waals surface area contributed by atoms with Gasteiger partial charge >= 0.3 is 0 Å². The fourth-order valence-corrected chi connectivity index (χ4v) is 4.33. The third-order valence-electron chi connectivity index (χ3n) is 4.29. The van der Waals surface area contributed by atoms with Crippen LogP contribution in [0.15, 0.2) is 12.1 Å². The molecule has 19 heavy (non-hydrogen) atoms. The van der Waals surface area contributed by atoms with Gasteiger partial charge in [-0.05, 0) is 45.0 Å². The van der Waals surface area contributed by atoms with Crippen LogP contribution in [0.25, 0.3) is 0 Å². The van der Waals surface area contributed by atoms with Crippen LogP contribution in [0.1, 0.15) is 17.7 Å². The number of hydrogen-bond donors (Lipinski definition) is 1. The highest BCUT2D eigenvalue weighted by molar-refractivity contribution is 7.16. The minimum Gasteiger partial charge on any atom is -0.374 e. The maximum Gasteiger partial charge on any atom is 0.0931 e. The quantitative estimate of drug-likeness (QED) is 0.924. The van der Waals surface area contributed by atoms with Gasteiger partial charge in [-0.2, -0.15) is 0 Å². The van der Waals surface area contributed by atoms with Crippen LogP contribution in [-0.4, -0.2) is 49.8 Å². The van der Waals surface area contributed by atoms with Crippen LogP contribution in [0.3, 0.4) is 0 Å². The molecule has 0 aliphatic carbocycles. The number of rotatable bonds is 4. The molecule has 106 valence electrons. The highest BCUT2D eigenvalue weighted by Crippen LogP contribution is 2.27. The summed E-state index contributed by atoms with van der Waals surface area (Å²) in [5.41, 5.74) is 0. The van der Waals surface area contributed by atoms with Crippen LogP contribution in [0, 0.1) is 0 Å². The Morgan fingerprint density at radius 2 is 2.47 bits per heavy atom. The Balaban J connectivity index is 1.62. The molecule has 2 aliphatic heterocycles. The second-order valence-corrected chi connectivity index (χ2v) is 7.27. The Hall–Kier alpha value is -0.130. The Morgan fingerprint density at radius 3 is 3.21 bits per heavy atom. The zero-order valence-electron chi connectivity index (χ0n) is 11.3. The lowest BCUT2D eigenvalue weighted by atomic mass is 10.0. The van der Waals surface area contributed by atoms with E-state index >= 15 is 0 Å². The van der Waals surface area contributed by atoms with E-state index in [4.69, 9.17) is 16.3 Å². The fraction of sp³-hybridized carbons (Fsp3) is 0.714. The predicted octanol–water partition coefficient (Wildman–Crippen LogP) is 2.40. The number of ether oxygens (including phenoxy) is 1. The second-order valence-electron chi connectivity index (χ2n) is 5.47. The first kappa shape index (κ1) is 13.8. The van der Waals surface area contributed by atoms with Gasteiger partial charge in [-0.15, -0.1) is 11.3 Å². The van der Waals surface area contributed by atoms with Gasteiger partial charge in [0.2, 0.25) is 0 Å². The van der Waals surface area contributed by atoms with Crippen LogP contribution >= 0.6 is 22.9 Å². The lowest BCUT2D eigenvalue weighted by molar-refractivity contribution is -0.0633. The number of morpholine rings is 1. The minimum absolute atomic E-state index is 0.292. The molecule has 5 heteroatoms. The first-order chi connectivity index (χ1) is 9.26. The van der Waals surface area contributed by atoms with Crippen molar-refractivity contribution >= 4 is 22.9 Å². The Kier molecular flexibility index (Phi) is 4.44. The molecule has 3 nitrogen and oxygen atoms in total. The van der Waals surface area contributed by atoms with E-state index in [0.717, 1.165) is 23.9 Å². The van der Waals surface area contributed by atoms with Gasteiger partial charge in [0.25, 0.3) is 0 Å². The molecule has 1 aromatic rings. The molecule has 3 unspecified atom stereocenters. The van der Waals surface area contributed by atoms with Crippen molar-refractivity contribution in [1.29, 1.82) is 0 Å². The van der Waals surface area contributed by atoms with Crippen molar-refractivity contribution < 1.29 is 4.74 Å². The zero-order chi connectivity index (χ0) is 13.2. The smallest absolute Gasteiger partial charge is 0.0931 e. The van der Waals surface area contributed by atoms with E-state index in [9.17, 15) is 0 Å². The first-order valence-electron chi connectivity index (χ1n) is 7.03. The van der Waals surface area contributed by atoms with Gasteiger partial charge in [-0.25, -0.2) is 0 Å². The van der Waals surface area contributed by atoms with Gasteiger partial charge in [0.15, 0.2) is 0 Å². The molecule has 0 bridgehead atoms.